The third-order valence-corrected chi connectivity index (χ3v) is 4.03. The van der Waals surface area contributed by atoms with Crippen LogP contribution in [-0.4, -0.2) is 11.7 Å². The fraction of sp³-hybridized carbons (Fsp3) is 0.0667. The number of ketones is 1. The summed E-state index contributed by atoms with van der Waals surface area (Å²) < 4.78 is 14.0. The number of carbonyl (C=O) groups excluding carboxylic acids is 2. The fourth-order valence-corrected chi connectivity index (χ4v) is 2.82. The van der Waals surface area contributed by atoms with Crippen LogP contribution >= 0.6 is 23.2 Å². The molecule has 1 aliphatic rings. The number of hydrogen-bond donors (Lipinski definition) is 0. The molecule has 0 atom stereocenters. The van der Waals surface area contributed by atoms with Gasteiger partial charge in [0.1, 0.15) is 5.82 Å². The van der Waals surface area contributed by atoms with Crippen molar-refractivity contribution < 1.29 is 14.0 Å². The Morgan fingerprint density at radius 3 is 2.29 bits per heavy atom. The van der Waals surface area contributed by atoms with Crippen molar-refractivity contribution in [2.75, 3.05) is 4.90 Å². The number of Topliss-reactive ketones (excluding diaryl/α,β-unsaturated/α-hetero) is 1. The van der Waals surface area contributed by atoms with E-state index in [4.69, 9.17) is 23.2 Å². The molecule has 0 bridgehead atoms. The Morgan fingerprint density at radius 1 is 1.00 bits per heavy atom. The van der Waals surface area contributed by atoms with Gasteiger partial charge in [-0.3, -0.25) is 14.5 Å². The summed E-state index contributed by atoms with van der Waals surface area (Å²) in [4.78, 5) is 25.0. The summed E-state index contributed by atoms with van der Waals surface area (Å²) in [6.07, 6.45) is 0. The Hall–Kier alpha value is -1.91. The first-order valence-electron chi connectivity index (χ1n) is 6.08. The second-order valence-electron chi connectivity index (χ2n) is 4.56. The molecule has 0 spiro atoms. The topological polar surface area (TPSA) is 37.4 Å². The maximum atomic E-state index is 14.0. The van der Waals surface area contributed by atoms with Gasteiger partial charge in [0.25, 0.3) is 11.7 Å². The predicted molar refractivity (Wildman–Crippen MR) is 78.4 cm³/mol. The third-order valence-electron chi connectivity index (χ3n) is 3.32. The molecule has 0 unspecified atom stereocenters. The molecule has 1 amide bonds. The van der Waals surface area contributed by atoms with Crippen LogP contribution in [0.25, 0.3) is 0 Å². The molecule has 106 valence electrons. The zero-order chi connectivity index (χ0) is 15.1. The molecule has 1 heterocycles. The zero-order valence-electron chi connectivity index (χ0n) is 10.6. The van der Waals surface area contributed by atoms with E-state index in [1.807, 2.05) is 0 Å². The molecule has 2 aromatic carbocycles. The van der Waals surface area contributed by atoms with Crippen LogP contribution in [0.4, 0.5) is 10.1 Å². The number of amides is 1. The van der Waals surface area contributed by atoms with Crippen molar-refractivity contribution in [3.8, 4) is 0 Å². The third kappa shape index (κ3) is 2.20. The number of carbonyl (C=O) groups is 2. The van der Waals surface area contributed by atoms with Crippen LogP contribution in [0.15, 0.2) is 36.4 Å². The number of benzene rings is 2. The summed E-state index contributed by atoms with van der Waals surface area (Å²) in [6.45, 7) is -0.0585. The monoisotopic (exact) mass is 323 g/mol. The van der Waals surface area contributed by atoms with Crippen LogP contribution in [0.2, 0.25) is 10.0 Å². The number of nitrogens with zero attached hydrogens (tertiary/aromatic N) is 1. The van der Waals surface area contributed by atoms with Crippen LogP contribution in [0, 0.1) is 5.82 Å². The van der Waals surface area contributed by atoms with E-state index in [2.05, 4.69) is 0 Å². The van der Waals surface area contributed by atoms with E-state index < -0.39 is 17.5 Å². The summed E-state index contributed by atoms with van der Waals surface area (Å²) in [5.74, 6) is -2.14. The van der Waals surface area contributed by atoms with E-state index in [1.54, 1.807) is 18.2 Å². The molecule has 21 heavy (non-hydrogen) atoms. The Balaban J connectivity index is 2.09. The highest BCUT2D eigenvalue weighted by Crippen LogP contribution is 2.35. The summed E-state index contributed by atoms with van der Waals surface area (Å²) in [5.41, 5.74) is 0.504. The smallest absolute Gasteiger partial charge is 0.297 e. The van der Waals surface area contributed by atoms with Gasteiger partial charge in [0.05, 0.1) is 17.8 Å². The molecule has 1 aliphatic heterocycles. The first-order valence-corrected chi connectivity index (χ1v) is 6.84. The summed E-state index contributed by atoms with van der Waals surface area (Å²) in [6, 6.07) is 8.92. The number of anilines is 1. The molecule has 0 aliphatic carbocycles. The minimum Gasteiger partial charge on any atom is -0.297 e. The van der Waals surface area contributed by atoms with Gasteiger partial charge in [-0.05, 0) is 24.3 Å². The summed E-state index contributed by atoms with van der Waals surface area (Å²) in [7, 11) is 0. The minimum absolute atomic E-state index is 0.0245. The summed E-state index contributed by atoms with van der Waals surface area (Å²) >= 11 is 12.1. The van der Waals surface area contributed by atoms with Crippen LogP contribution in [0.5, 0.6) is 0 Å². The normalized spacial score (nSPS) is 13.8. The van der Waals surface area contributed by atoms with Crippen molar-refractivity contribution in [3.05, 3.63) is 63.4 Å². The van der Waals surface area contributed by atoms with Crippen molar-refractivity contribution in [2.24, 2.45) is 0 Å². The predicted octanol–water partition coefficient (Wildman–Crippen LogP) is 3.86. The fourth-order valence-electron chi connectivity index (χ4n) is 2.30. The van der Waals surface area contributed by atoms with E-state index in [1.165, 1.54) is 18.2 Å². The molecule has 0 saturated heterocycles. The number of halogens is 3. The number of rotatable bonds is 2. The minimum atomic E-state index is -0.786. The molecule has 0 saturated carbocycles. The number of fused-ring (bicyclic) bond motifs is 1. The van der Waals surface area contributed by atoms with Crippen molar-refractivity contribution >= 4 is 40.6 Å². The highest BCUT2D eigenvalue weighted by molar-refractivity contribution is 6.52. The molecule has 0 aromatic heterocycles. The molecule has 0 radical (unpaired) electrons. The van der Waals surface area contributed by atoms with Crippen LogP contribution in [0.3, 0.4) is 0 Å². The van der Waals surface area contributed by atoms with E-state index in [0.717, 1.165) is 4.90 Å². The van der Waals surface area contributed by atoms with Gasteiger partial charge in [0.15, 0.2) is 0 Å². The van der Waals surface area contributed by atoms with Gasteiger partial charge in [-0.15, -0.1) is 0 Å². The molecular weight excluding hydrogens is 316 g/mol. The van der Waals surface area contributed by atoms with Crippen molar-refractivity contribution in [3.63, 3.8) is 0 Å². The Morgan fingerprint density at radius 2 is 1.62 bits per heavy atom. The SMILES string of the molecule is O=C1C(=O)N(Cc2c(Cl)cccc2Cl)c2c(F)cccc21. The van der Waals surface area contributed by atoms with E-state index in [9.17, 15) is 14.0 Å². The van der Waals surface area contributed by atoms with E-state index in [0.29, 0.717) is 15.6 Å². The van der Waals surface area contributed by atoms with E-state index in [-0.39, 0.29) is 17.8 Å². The summed E-state index contributed by atoms with van der Waals surface area (Å²) in [5, 5.41) is 0.708. The van der Waals surface area contributed by atoms with E-state index >= 15 is 0 Å². The number of hydrogen-bond acceptors (Lipinski definition) is 2. The van der Waals surface area contributed by atoms with Gasteiger partial charge in [-0.25, -0.2) is 4.39 Å². The molecule has 3 rings (SSSR count). The van der Waals surface area contributed by atoms with Gasteiger partial charge in [0, 0.05) is 15.6 Å². The maximum absolute atomic E-state index is 14.0. The Kier molecular flexibility index (Phi) is 3.43. The Bertz CT molecular complexity index is 756. The lowest BCUT2D eigenvalue weighted by atomic mass is 10.1. The van der Waals surface area contributed by atoms with Crippen molar-refractivity contribution in [2.45, 2.75) is 6.54 Å². The van der Waals surface area contributed by atoms with Gasteiger partial charge in [0.2, 0.25) is 0 Å². The van der Waals surface area contributed by atoms with Crippen LogP contribution in [-0.2, 0) is 11.3 Å². The lowest BCUT2D eigenvalue weighted by molar-refractivity contribution is -0.114. The van der Waals surface area contributed by atoms with Gasteiger partial charge >= 0.3 is 0 Å². The standard InChI is InChI=1S/C15H8Cl2FNO2/c16-10-4-2-5-11(17)9(10)7-19-13-8(14(20)15(19)21)3-1-6-12(13)18/h1-6H,7H2. The highest BCUT2D eigenvalue weighted by atomic mass is 35.5. The van der Waals surface area contributed by atoms with Crippen molar-refractivity contribution in [1.29, 1.82) is 0 Å². The zero-order valence-corrected chi connectivity index (χ0v) is 12.1. The lowest BCUT2D eigenvalue weighted by Gasteiger charge is -2.18. The molecular formula is C15H8Cl2FNO2. The number of para-hydroxylation sites is 1. The molecule has 2 aromatic rings. The quantitative estimate of drug-likeness (QED) is 0.787. The molecule has 0 fully saturated rings. The van der Waals surface area contributed by atoms with Crippen LogP contribution < -0.4 is 4.90 Å². The Labute approximate surface area is 129 Å². The lowest BCUT2D eigenvalue weighted by Crippen LogP contribution is -2.29. The second kappa shape index (κ2) is 5.13. The molecule has 6 heteroatoms. The first-order chi connectivity index (χ1) is 10.0. The first kappa shape index (κ1) is 14.0. The molecule has 0 N–H and O–H groups in total. The largest absolute Gasteiger partial charge is 0.299 e. The van der Waals surface area contributed by atoms with Crippen molar-refractivity contribution in [1.82, 2.24) is 0 Å². The van der Waals surface area contributed by atoms with Gasteiger partial charge < -0.3 is 0 Å². The molecule has 3 nitrogen and oxygen atoms in total. The van der Waals surface area contributed by atoms with Gasteiger partial charge in [-0.2, -0.15) is 0 Å². The van der Waals surface area contributed by atoms with Gasteiger partial charge in [-0.1, -0.05) is 35.3 Å². The maximum Gasteiger partial charge on any atom is 0.299 e. The second-order valence-corrected chi connectivity index (χ2v) is 5.37. The van der Waals surface area contributed by atoms with Crippen LogP contribution in [0.1, 0.15) is 15.9 Å². The average Bonchev–Trinajstić information content (AvgIpc) is 2.69. The highest BCUT2D eigenvalue weighted by Gasteiger charge is 2.38. The average molecular weight is 324 g/mol.